The minimum atomic E-state index is -0.598. The summed E-state index contributed by atoms with van der Waals surface area (Å²) in [5.41, 5.74) is -0.0736. The molecule has 1 atom stereocenters. The first-order valence-electron chi connectivity index (χ1n) is 6.09. The number of nitrogens with one attached hydrogen (secondary N) is 2. The number of aliphatic hydroxyl groups is 1. The van der Waals surface area contributed by atoms with Crippen LogP contribution in [0.1, 0.15) is 33.6 Å². The topological polar surface area (TPSA) is 78.4 Å². The van der Waals surface area contributed by atoms with Crippen LogP contribution in [0.15, 0.2) is 0 Å². The third-order valence-corrected chi connectivity index (χ3v) is 2.99. The Morgan fingerprint density at radius 3 is 2.44 bits per heavy atom. The average Bonchev–Trinajstić information content (AvgIpc) is 2.30. The molecule has 106 valence electrons. The van der Waals surface area contributed by atoms with E-state index in [1.54, 1.807) is 0 Å². The summed E-state index contributed by atoms with van der Waals surface area (Å²) in [6.07, 6.45) is 1.54. The van der Waals surface area contributed by atoms with Crippen molar-refractivity contribution in [1.29, 1.82) is 0 Å². The Labute approximate surface area is 114 Å². The van der Waals surface area contributed by atoms with E-state index in [9.17, 15) is 9.59 Å². The molecule has 0 bridgehead atoms. The van der Waals surface area contributed by atoms with Gasteiger partial charge in [0.25, 0.3) is 0 Å². The number of amides is 2. The highest BCUT2D eigenvalue weighted by molar-refractivity contribution is 7.80. The van der Waals surface area contributed by atoms with Crippen LogP contribution in [-0.4, -0.2) is 41.9 Å². The van der Waals surface area contributed by atoms with Crippen LogP contribution >= 0.6 is 12.6 Å². The Morgan fingerprint density at radius 1 is 1.39 bits per heavy atom. The second kappa shape index (κ2) is 8.37. The van der Waals surface area contributed by atoms with E-state index in [4.69, 9.17) is 5.11 Å². The normalized spacial score (nSPS) is 12.9. The van der Waals surface area contributed by atoms with Crippen molar-refractivity contribution in [3.8, 4) is 0 Å². The number of aliphatic hydroxyl groups excluding tert-OH is 1. The molecule has 5 nitrogen and oxygen atoms in total. The van der Waals surface area contributed by atoms with Crippen molar-refractivity contribution in [2.45, 2.75) is 39.7 Å². The van der Waals surface area contributed by atoms with Gasteiger partial charge in [0.2, 0.25) is 11.8 Å². The van der Waals surface area contributed by atoms with Gasteiger partial charge >= 0.3 is 0 Å². The van der Waals surface area contributed by atoms with E-state index in [2.05, 4.69) is 23.3 Å². The first-order valence-corrected chi connectivity index (χ1v) is 6.72. The van der Waals surface area contributed by atoms with Gasteiger partial charge in [-0.1, -0.05) is 13.8 Å². The van der Waals surface area contributed by atoms with Crippen LogP contribution in [0.2, 0.25) is 0 Å². The molecule has 0 saturated carbocycles. The quantitative estimate of drug-likeness (QED) is 0.483. The molecular formula is C12H24N2O3S. The molecule has 0 aromatic carbocycles. The van der Waals surface area contributed by atoms with Crippen LogP contribution in [0.5, 0.6) is 0 Å². The number of carbonyl (C=O) groups is 2. The molecule has 0 rings (SSSR count). The fourth-order valence-corrected chi connectivity index (χ4v) is 1.79. The molecule has 0 aromatic heterocycles. The van der Waals surface area contributed by atoms with E-state index < -0.39 is 6.04 Å². The number of carbonyl (C=O) groups excluding carboxylic acids is 2. The zero-order valence-electron chi connectivity index (χ0n) is 11.3. The highest BCUT2D eigenvalue weighted by atomic mass is 32.1. The van der Waals surface area contributed by atoms with E-state index in [1.165, 1.54) is 6.92 Å². The molecule has 0 aliphatic heterocycles. The van der Waals surface area contributed by atoms with Gasteiger partial charge in [0.1, 0.15) is 6.04 Å². The fraction of sp³-hybridized carbons (Fsp3) is 0.833. The summed E-state index contributed by atoms with van der Waals surface area (Å²) in [4.78, 5) is 22.7. The second-order valence-electron chi connectivity index (χ2n) is 5.14. The fourth-order valence-electron chi connectivity index (χ4n) is 1.54. The number of hydrogen-bond donors (Lipinski definition) is 4. The van der Waals surface area contributed by atoms with Gasteiger partial charge < -0.3 is 15.7 Å². The maximum absolute atomic E-state index is 11.8. The standard InChI is InChI=1S/C12H24N2O3S/c1-9(16)14-10(7-18)11(17)13-8-12(2,3)5-4-6-15/h10,15,18H,4-8H2,1-3H3,(H,13,17)(H,14,16). The lowest BCUT2D eigenvalue weighted by Crippen LogP contribution is -2.49. The first kappa shape index (κ1) is 17.2. The lowest BCUT2D eigenvalue weighted by Gasteiger charge is -2.26. The van der Waals surface area contributed by atoms with Gasteiger partial charge in [-0.25, -0.2) is 0 Å². The molecule has 0 heterocycles. The van der Waals surface area contributed by atoms with Crippen LogP contribution in [0.3, 0.4) is 0 Å². The monoisotopic (exact) mass is 276 g/mol. The average molecular weight is 276 g/mol. The second-order valence-corrected chi connectivity index (χ2v) is 5.51. The summed E-state index contributed by atoms with van der Waals surface area (Å²) in [6.45, 7) is 6.08. The first-order chi connectivity index (χ1) is 8.32. The summed E-state index contributed by atoms with van der Waals surface area (Å²) >= 11 is 4.04. The van der Waals surface area contributed by atoms with Crippen LogP contribution in [-0.2, 0) is 9.59 Å². The van der Waals surface area contributed by atoms with Crippen molar-refractivity contribution in [2.24, 2.45) is 5.41 Å². The van der Waals surface area contributed by atoms with Crippen molar-refractivity contribution < 1.29 is 14.7 Å². The van der Waals surface area contributed by atoms with Gasteiger partial charge in [-0.2, -0.15) is 12.6 Å². The lowest BCUT2D eigenvalue weighted by molar-refractivity contribution is -0.127. The van der Waals surface area contributed by atoms with Gasteiger partial charge in [0.05, 0.1) is 0 Å². The maximum Gasteiger partial charge on any atom is 0.243 e. The summed E-state index contributed by atoms with van der Waals surface area (Å²) in [7, 11) is 0. The maximum atomic E-state index is 11.8. The molecular weight excluding hydrogens is 252 g/mol. The largest absolute Gasteiger partial charge is 0.396 e. The third-order valence-electron chi connectivity index (χ3n) is 2.63. The molecule has 0 aromatic rings. The van der Waals surface area contributed by atoms with Gasteiger partial charge in [0.15, 0.2) is 0 Å². The Hall–Kier alpha value is -0.750. The highest BCUT2D eigenvalue weighted by Crippen LogP contribution is 2.20. The SMILES string of the molecule is CC(=O)NC(CS)C(=O)NCC(C)(C)CCCO. The summed E-state index contributed by atoms with van der Waals surface area (Å²) in [6, 6.07) is -0.598. The Balaban J connectivity index is 4.17. The van der Waals surface area contributed by atoms with Gasteiger partial charge in [-0.15, -0.1) is 0 Å². The third kappa shape index (κ3) is 7.55. The summed E-state index contributed by atoms with van der Waals surface area (Å²) < 4.78 is 0. The molecule has 0 fully saturated rings. The van der Waals surface area contributed by atoms with Crippen LogP contribution in [0.4, 0.5) is 0 Å². The smallest absolute Gasteiger partial charge is 0.243 e. The van der Waals surface area contributed by atoms with Gasteiger partial charge in [-0.3, -0.25) is 9.59 Å². The van der Waals surface area contributed by atoms with Crippen molar-refractivity contribution in [1.82, 2.24) is 10.6 Å². The van der Waals surface area contributed by atoms with Crippen LogP contribution < -0.4 is 10.6 Å². The summed E-state index contributed by atoms with van der Waals surface area (Å²) in [5.74, 6) is -0.205. The van der Waals surface area contributed by atoms with Gasteiger partial charge in [-0.05, 0) is 18.3 Å². The Morgan fingerprint density at radius 2 is 2.00 bits per heavy atom. The summed E-state index contributed by atoms with van der Waals surface area (Å²) in [5, 5.41) is 14.1. The molecule has 0 aliphatic rings. The molecule has 0 aliphatic carbocycles. The van der Waals surface area contributed by atoms with Crippen molar-refractivity contribution in [2.75, 3.05) is 18.9 Å². The molecule has 1 unspecified atom stereocenters. The number of rotatable bonds is 8. The van der Waals surface area contributed by atoms with E-state index in [0.717, 1.165) is 6.42 Å². The van der Waals surface area contributed by atoms with Crippen LogP contribution in [0, 0.1) is 5.41 Å². The van der Waals surface area contributed by atoms with Gasteiger partial charge in [0, 0.05) is 25.8 Å². The molecule has 0 spiro atoms. The zero-order valence-corrected chi connectivity index (χ0v) is 12.2. The molecule has 6 heteroatoms. The lowest BCUT2D eigenvalue weighted by atomic mass is 9.88. The molecule has 3 N–H and O–H groups in total. The molecule has 0 radical (unpaired) electrons. The van der Waals surface area contributed by atoms with E-state index in [-0.39, 0.29) is 29.6 Å². The van der Waals surface area contributed by atoms with E-state index >= 15 is 0 Å². The zero-order chi connectivity index (χ0) is 14.2. The minimum absolute atomic E-state index is 0.0736. The number of thiol groups is 1. The predicted octanol–water partition coefficient (Wildman–Crippen LogP) is 0.336. The highest BCUT2D eigenvalue weighted by Gasteiger charge is 2.22. The minimum Gasteiger partial charge on any atom is -0.396 e. The molecule has 18 heavy (non-hydrogen) atoms. The van der Waals surface area contributed by atoms with Crippen molar-refractivity contribution in [3.05, 3.63) is 0 Å². The predicted molar refractivity (Wildman–Crippen MR) is 74.6 cm³/mol. The van der Waals surface area contributed by atoms with Crippen molar-refractivity contribution >= 4 is 24.4 Å². The van der Waals surface area contributed by atoms with E-state index in [0.29, 0.717) is 13.0 Å². The van der Waals surface area contributed by atoms with Crippen LogP contribution in [0.25, 0.3) is 0 Å². The number of hydrogen-bond acceptors (Lipinski definition) is 4. The van der Waals surface area contributed by atoms with Crippen molar-refractivity contribution in [3.63, 3.8) is 0 Å². The molecule has 0 saturated heterocycles. The van der Waals surface area contributed by atoms with E-state index in [1.807, 2.05) is 13.8 Å². The molecule has 2 amide bonds. The Kier molecular flexibility index (Phi) is 8.02. The Bertz CT molecular complexity index is 282.